The molecule has 2 aromatic carbocycles. The highest BCUT2D eigenvalue weighted by atomic mass is 35.5. The topological polar surface area (TPSA) is 76.5 Å². The second-order valence-electron chi connectivity index (χ2n) is 7.02. The molecule has 30 heavy (non-hydrogen) atoms. The van der Waals surface area contributed by atoms with E-state index in [9.17, 15) is 9.59 Å². The summed E-state index contributed by atoms with van der Waals surface area (Å²) >= 11 is 5.91. The van der Waals surface area contributed by atoms with Crippen LogP contribution >= 0.6 is 11.6 Å². The molecule has 1 aliphatic heterocycles. The van der Waals surface area contributed by atoms with Crippen molar-refractivity contribution in [3.8, 4) is 5.75 Å². The molecule has 2 heterocycles. The minimum Gasteiger partial charge on any atom is -0.492 e. The monoisotopic (exact) mass is 424 g/mol. The molecule has 4 rings (SSSR count). The number of aromatic nitrogens is 2. The van der Waals surface area contributed by atoms with E-state index in [0.717, 1.165) is 5.69 Å². The van der Waals surface area contributed by atoms with Crippen LogP contribution in [0.1, 0.15) is 6.42 Å². The number of nitrogens with one attached hydrogen (secondary N) is 1. The molecule has 0 saturated carbocycles. The molecular formula is C22H21ClN4O3. The molecule has 1 unspecified atom stereocenters. The first-order valence-electron chi connectivity index (χ1n) is 9.65. The summed E-state index contributed by atoms with van der Waals surface area (Å²) in [4.78, 5) is 26.7. The highest BCUT2D eigenvalue weighted by molar-refractivity contribution is 6.30. The second-order valence-corrected chi connectivity index (χ2v) is 7.45. The van der Waals surface area contributed by atoms with Gasteiger partial charge in [-0.15, -0.1) is 0 Å². The summed E-state index contributed by atoms with van der Waals surface area (Å²) in [5.74, 6) is -0.0236. The van der Waals surface area contributed by atoms with Crippen LogP contribution in [0.4, 0.5) is 11.4 Å². The fourth-order valence-corrected chi connectivity index (χ4v) is 3.48. The zero-order valence-electron chi connectivity index (χ0n) is 16.2. The van der Waals surface area contributed by atoms with Gasteiger partial charge in [-0.1, -0.05) is 17.7 Å². The van der Waals surface area contributed by atoms with Crippen LogP contribution < -0.4 is 15.0 Å². The molecule has 1 aliphatic rings. The predicted octanol–water partition coefficient (Wildman–Crippen LogP) is 3.61. The summed E-state index contributed by atoms with van der Waals surface area (Å²) < 4.78 is 7.53. The van der Waals surface area contributed by atoms with Crippen LogP contribution in [0.25, 0.3) is 0 Å². The summed E-state index contributed by atoms with van der Waals surface area (Å²) in [6.07, 6.45) is 3.77. The molecule has 1 aromatic heterocycles. The van der Waals surface area contributed by atoms with Gasteiger partial charge in [-0.05, 0) is 42.5 Å². The number of rotatable bonds is 7. The molecule has 8 heteroatoms. The Balaban J connectivity index is 1.33. The molecular weight excluding hydrogens is 404 g/mol. The second kappa shape index (κ2) is 9.00. The van der Waals surface area contributed by atoms with Crippen LogP contribution in [-0.2, 0) is 16.1 Å². The molecule has 0 radical (unpaired) electrons. The van der Waals surface area contributed by atoms with Gasteiger partial charge in [-0.2, -0.15) is 5.10 Å². The maximum Gasteiger partial charge on any atom is 0.229 e. The average molecular weight is 425 g/mol. The molecule has 0 aliphatic carbocycles. The van der Waals surface area contributed by atoms with E-state index in [1.807, 2.05) is 24.4 Å². The number of nitrogens with zero attached hydrogens (tertiary/aromatic N) is 3. The highest BCUT2D eigenvalue weighted by Gasteiger charge is 2.35. The molecule has 0 spiro atoms. The molecule has 2 amide bonds. The Hall–Kier alpha value is -3.32. The van der Waals surface area contributed by atoms with Gasteiger partial charge in [-0.3, -0.25) is 14.3 Å². The van der Waals surface area contributed by atoms with E-state index in [4.69, 9.17) is 16.3 Å². The Labute approximate surface area is 179 Å². The van der Waals surface area contributed by atoms with Gasteiger partial charge >= 0.3 is 0 Å². The van der Waals surface area contributed by atoms with Crippen molar-refractivity contribution in [1.29, 1.82) is 0 Å². The molecule has 1 fully saturated rings. The van der Waals surface area contributed by atoms with Crippen LogP contribution in [0.5, 0.6) is 5.75 Å². The highest BCUT2D eigenvalue weighted by Crippen LogP contribution is 2.27. The fourth-order valence-electron chi connectivity index (χ4n) is 3.35. The van der Waals surface area contributed by atoms with Gasteiger partial charge in [0.1, 0.15) is 12.4 Å². The zero-order valence-corrected chi connectivity index (χ0v) is 17.0. The molecule has 1 saturated heterocycles. The van der Waals surface area contributed by atoms with Gasteiger partial charge in [-0.25, -0.2) is 0 Å². The van der Waals surface area contributed by atoms with Crippen LogP contribution in [0.15, 0.2) is 67.0 Å². The lowest BCUT2D eigenvalue weighted by Crippen LogP contribution is -2.28. The Morgan fingerprint density at radius 2 is 2.03 bits per heavy atom. The van der Waals surface area contributed by atoms with Gasteiger partial charge in [0.25, 0.3) is 0 Å². The van der Waals surface area contributed by atoms with Gasteiger partial charge < -0.3 is 15.0 Å². The Morgan fingerprint density at radius 1 is 1.20 bits per heavy atom. The number of carbonyl (C=O) groups excluding carboxylic acids is 2. The fraction of sp³-hybridized carbons (Fsp3) is 0.227. The molecule has 7 nitrogen and oxygen atoms in total. The van der Waals surface area contributed by atoms with Crippen molar-refractivity contribution in [3.05, 3.63) is 72.0 Å². The van der Waals surface area contributed by atoms with E-state index in [2.05, 4.69) is 10.4 Å². The van der Waals surface area contributed by atoms with Crippen LogP contribution in [0, 0.1) is 5.92 Å². The molecule has 1 N–H and O–H groups in total. The minimum atomic E-state index is -0.419. The quantitative estimate of drug-likeness (QED) is 0.628. The molecule has 0 bridgehead atoms. The lowest BCUT2D eigenvalue weighted by Gasteiger charge is -2.17. The van der Waals surface area contributed by atoms with Crippen molar-refractivity contribution in [3.63, 3.8) is 0 Å². The SMILES string of the molecule is O=C(Nc1cccc(OCCn2cccn2)c1)C1CC(=O)N(c2ccc(Cl)cc2)C1. The van der Waals surface area contributed by atoms with Gasteiger partial charge in [0.15, 0.2) is 0 Å². The third-order valence-corrected chi connectivity index (χ3v) is 5.14. The number of benzene rings is 2. The number of amides is 2. The Bertz CT molecular complexity index is 1020. The maximum absolute atomic E-state index is 12.7. The summed E-state index contributed by atoms with van der Waals surface area (Å²) in [6, 6.07) is 16.1. The van der Waals surface area contributed by atoms with Crippen molar-refractivity contribution in [2.24, 2.45) is 5.92 Å². The largest absolute Gasteiger partial charge is 0.492 e. The summed E-state index contributed by atoms with van der Waals surface area (Å²) in [6.45, 7) is 1.44. The molecule has 154 valence electrons. The average Bonchev–Trinajstić information content (AvgIpc) is 3.39. The van der Waals surface area contributed by atoms with Crippen molar-refractivity contribution in [2.75, 3.05) is 23.4 Å². The van der Waals surface area contributed by atoms with E-state index in [-0.39, 0.29) is 18.2 Å². The van der Waals surface area contributed by atoms with Crippen LogP contribution in [-0.4, -0.2) is 34.7 Å². The van der Waals surface area contributed by atoms with Crippen LogP contribution in [0.3, 0.4) is 0 Å². The van der Waals surface area contributed by atoms with Gasteiger partial charge in [0.2, 0.25) is 11.8 Å². The van der Waals surface area contributed by atoms with Gasteiger partial charge in [0.05, 0.1) is 12.5 Å². The number of ether oxygens (including phenoxy) is 1. The third-order valence-electron chi connectivity index (χ3n) is 4.88. The van der Waals surface area contributed by atoms with E-state index >= 15 is 0 Å². The maximum atomic E-state index is 12.7. The normalized spacial score (nSPS) is 16.0. The van der Waals surface area contributed by atoms with E-state index in [1.54, 1.807) is 52.2 Å². The number of hydrogen-bond acceptors (Lipinski definition) is 4. The smallest absolute Gasteiger partial charge is 0.229 e. The zero-order chi connectivity index (χ0) is 20.9. The van der Waals surface area contributed by atoms with E-state index in [1.165, 1.54) is 0 Å². The summed E-state index contributed by atoms with van der Waals surface area (Å²) in [5, 5.41) is 7.63. The molecule has 3 aromatic rings. The lowest BCUT2D eigenvalue weighted by molar-refractivity contribution is -0.122. The lowest BCUT2D eigenvalue weighted by atomic mass is 10.1. The first-order valence-corrected chi connectivity index (χ1v) is 10.0. The number of carbonyl (C=O) groups is 2. The number of halogens is 1. The van der Waals surface area contributed by atoms with Crippen molar-refractivity contribution in [1.82, 2.24) is 9.78 Å². The van der Waals surface area contributed by atoms with Crippen LogP contribution in [0.2, 0.25) is 5.02 Å². The standard InChI is InChI=1S/C22H21ClN4O3/c23-17-5-7-19(8-6-17)27-15-16(13-21(27)28)22(29)25-18-3-1-4-20(14-18)30-12-11-26-10-2-9-24-26/h1-10,14,16H,11-13,15H2,(H,25,29). The third kappa shape index (κ3) is 4.80. The Kier molecular flexibility index (Phi) is 5.99. The molecule has 1 atom stereocenters. The van der Waals surface area contributed by atoms with Crippen molar-refractivity contribution >= 4 is 34.8 Å². The number of anilines is 2. The Morgan fingerprint density at radius 3 is 2.80 bits per heavy atom. The first-order chi connectivity index (χ1) is 14.6. The first kappa shape index (κ1) is 20.0. The number of hydrogen-bond donors (Lipinski definition) is 1. The summed E-state index contributed by atoms with van der Waals surface area (Å²) in [7, 11) is 0. The van der Waals surface area contributed by atoms with Gasteiger partial charge in [0, 0.05) is 47.8 Å². The van der Waals surface area contributed by atoms with Crippen molar-refractivity contribution in [2.45, 2.75) is 13.0 Å². The van der Waals surface area contributed by atoms with E-state index < -0.39 is 5.92 Å². The minimum absolute atomic E-state index is 0.0758. The van der Waals surface area contributed by atoms with E-state index in [0.29, 0.717) is 36.2 Å². The van der Waals surface area contributed by atoms with Crippen molar-refractivity contribution < 1.29 is 14.3 Å². The predicted molar refractivity (Wildman–Crippen MR) is 115 cm³/mol. The summed E-state index contributed by atoms with van der Waals surface area (Å²) in [5.41, 5.74) is 1.38.